The van der Waals surface area contributed by atoms with E-state index in [0.717, 1.165) is 13.0 Å². The first-order valence-electron chi connectivity index (χ1n) is 3.35. The maximum Gasteiger partial charge on any atom is 0.111 e. The second-order valence-electron chi connectivity index (χ2n) is 2.21. The predicted octanol–water partition coefficient (Wildman–Crippen LogP) is -0.210. The summed E-state index contributed by atoms with van der Waals surface area (Å²) < 4.78 is 0. The van der Waals surface area contributed by atoms with Crippen molar-refractivity contribution in [3.05, 3.63) is 0 Å². The average molecular weight is 131 g/mol. The van der Waals surface area contributed by atoms with Crippen LogP contribution in [-0.4, -0.2) is 31.8 Å². The van der Waals surface area contributed by atoms with Gasteiger partial charge in [-0.1, -0.05) is 6.92 Å². The van der Waals surface area contributed by atoms with Gasteiger partial charge in [0.05, 0.1) is 0 Å². The standard InChI is InChI=1S/C6H17N3/c1-4-5-9(3)6(7)8-2/h6,8H,4-5,7H2,1-3H3. The Labute approximate surface area is 57.2 Å². The average Bonchev–Trinajstić information content (AvgIpc) is 1.87. The van der Waals surface area contributed by atoms with E-state index in [1.807, 2.05) is 14.1 Å². The third kappa shape index (κ3) is 3.46. The third-order valence-corrected chi connectivity index (χ3v) is 1.35. The maximum atomic E-state index is 5.62. The molecule has 0 aromatic heterocycles. The van der Waals surface area contributed by atoms with E-state index < -0.39 is 0 Å². The van der Waals surface area contributed by atoms with Crippen molar-refractivity contribution < 1.29 is 0 Å². The molecule has 56 valence electrons. The van der Waals surface area contributed by atoms with Crippen molar-refractivity contribution in [1.29, 1.82) is 0 Å². The number of nitrogens with zero attached hydrogens (tertiary/aromatic N) is 1. The fourth-order valence-corrected chi connectivity index (χ4v) is 0.712. The summed E-state index contributed by atoms with van der Waals surface area (Å²) in [5.41, 5.74) is 5.62. The van der Waals surface area contributed by atoms with Gasteiger partial charge in [-0.3, -0.25) is 10.2 Å². The van der Waals surface area contributed by atoms with E-state index in [1.54, 1.807) is 0 Å². The SMILES string of the molecule is CCCN(C)C(N)NC. The zero-order chi connectivity index (χ0) is 7.28. The fraction of sp³-hybridized carbons (Fsp3) is 1.00. The molecule has 0 aromatic carbocycles. The summed E-state index contributed by atoms with van der Waals surface area (Å²) in [6, 6.07) is 0. The molecule has 0 rings (SSSR count). The monoisotopic (exact) mass is 131 g/mol. The Hall–Kier alpha value is -0.120. The van der Waals surface area contributed by atoms with E-state index in [4.69, 9.17) is 5.73 Å². The summed E-state index contributed by atoms with van der Waals surface area (Å²) in [7, 11) is 3.86. The van der Waals surface area contributed by atoms with Crippen molar-refractivity contribution in [3.63, 3.8) is 0 Å². The molecule has 1 unspecified atom stereocenters. The lowest BCUT2D eigenvalue weighted by atomic mass is 10.4. The normalized spacial score (nSPS) is 14.3. The molecule has 0 aliphatic heterocycles. The van der Waals surface area contributed by atoms with Gasteiger partial charge in [-0.2, -0.15) is 0 Å². The summed E-state index contributed by atoms with van der Waals surface area (Å²) in [5.74, 6) is 0. The minimum atomic E-state index is 0.00458. The highest BCUT2D eigenvalue weighted by molar-refractivity contribution is 4.54. The van der Waals surface area contributed by atoms with Gasteiger partial charge in [-0.15, -0.1) is 0 Å². The van der Waals surface area contributed by atoms with Gasteiger partial charge in [-0.05, 0) is 20.5 Å². The van der Waals surface area contributed by atoms with E-state index in [1.165, 1.54) is 0 Å². The van der Waals surface area contributed by atoms with Gasteiger partial charge < -0.3 is 5.73 Å². The van der Waals surface area contributed by atoms with Crippen molar-refractivity contribution in [2.24, 2.45) is 5.73 Å². The van der Waals surface area contributed by atoms with Gasteiger partial charge in [-0.25, -0.2) is 0 Å². The van der Waals surface area contributed by atoms with Gasteiger partial charge in [0.2, 0.25) is 0 Å². The van der Waals surface area contributed by atoms with E-state index >= 15 is 0 Å². The van der Waals surface area contributed by atoms with Crippen molar-refractivity contribution in [1.82, 2.24) is 10.2 Å². The van der Waals surface area contributed by atoms with Gasteiger partial charge in [0.1, 0.15) is 6.29 Å². The number of rotatable bonds is 4. The van der Waals surface area contributed by atoms with Gasteiger partial charge in [0.25, 0.3) is 0 Å². The Morgan fingerprint density at radius 3 is 2.56 bits per heavy atom. The molecule has 0 amide bonds. The lowest BCUT2D eigenvalue weighted by Gasteiger charge is -2.22. The van der Waals surface area contributed by atoms with Crippen molar-refractivity contribution in [2.75, 3.05) is 20.6 Å². The Bertz CT molecular complexity index is 65.3. The molecule has 3 N–H and O–H groups in total. The molecule has 0 heterocycles. The van der Waals surface area contributed by atoms with E-state index in [9.17, 15) is 0 Å². The Morgan fingerprint density at radius 2 is 2.22 bits per heavy atom. The zero-order valence-corrected chi connectivity index (χ0v) is 6.52. The first-order valence-corrected chi connectivity index (χ1v) is 3.35. The maximum absolute atomic E-state index is 5.62. The van der Waals surface area contributed by atoms with Crippen LogP contribution >= 0.6 is 0 Å². The van der Waals surface area contributed by atoms with Gasteiger partial charge in [0.15, 0.2) is 0 Å². The highest BCUT2D eigenvalue weighted by Crippen LogP contribution is 1.85. The molecular weight excluding hydrogens is 114 g/mol. The number of nitrogens with two attached hydrogens (primary N) is 1. The third-order valence-electron chi connectivity index (χ3n) is 1.35. The van der Waals surface area contributed by atoms with Crippen LogP contribution in [0.4, 0.5) is 0 Å². The van der Waals surface area contributed by atoms with E-state index in [-0.39, 0.29) is 6.29 Å². The molecule has 0 aliphatic rings. The summed E-state index contributed by atoms with van der Waals surface area (Å²) in [6.45, 7) is 3.18. The van der Waals surface area contributed by atoms with Crippen LogP contribution in [0, 0.1) is 0 Å². The molecule has 0 saturated heterocycles. The second-order valence-corrected chi connectivity index (χ2v) is 2.21. The van der Waals surface area contributed by atoms with Crippen LogP contribution in [0.25, 0.3) is 0 Å². The van der Waals surface area contributed by atoms with Gasteiger partial charge in [0, 0.05) is 6.54 Å². The smallest absolute Gasteiger partial charge is 0.111 e. The first-order chi connectivity index (χ1) is 4.22. The van der Waals surface area contributed by atoms with E-state index in [2.05, 4.69) is 17.1 Å². The molecule has 0 fully saturated rings. The Kier molecular flexibility index (Phi) is 4.67. The number of hydrogen-bond donors (Lipinski definition) is 2. The largest absolute Gasteiger partial charge is 0.303 e. The van der Waals surface area contributed by atoms with Crippen LogP contribution in [0.2, 0.25) is 0 Å². The van der Waals surface area contributed by atoms with Crippen molar-refractivity contribution in [2.45, 2.75) is 19.6 Å². The zero-order valence-electron chi connectivity index (χ0n) is 6.52. The van der Waals surface area contributed by atoms with Gasteiger partial charge >= 0.3 is 0 Å². The molecule has 0 aliphatic carbocycles. The highest BCUT2D eigenvalue weighted by Gasteiger charge is 2.02. The van der Waals surface area contributed by atoms with Crippen LogP contribution in [0.1, 0.15) is 13.3 Å². The topological polar surface area (TPSA) is 41.3 Å². The van der Waals surface area contributed by atoms with E-state index in [0.29, 0.717) is 0 Å². The predicted molar refractivity (Wildman–Crippen MR) is 40.0 cm³/mol. The summed E-state index contributed by atoms with van der Waals surface area (Å²) in [5, 5.41) is 2.95. The molecular formula is C6H17N3. The molecule has 0 radical (unpaired) electrons. The number of hydrogen-bond acceptors (Lipinski definition) is 3. The molecule has 0 saturated carbocycles. The van der Waals surface area contributed by atoms with Crippen LogP contribution in [0.15, 0.2) is 0 Å². The highest BCUT2D eigenvalue weighted by atomic mass is 15.3. The molecule has 0 aromatic rings. The van der Waals surface area contributed by atoms with Crippen molar-refractivity contribution in [3.8, 4) is 0 Å². The fourth-order valence-electron chi connectivity index (χ4n) is 0.712. The molecule has 3 heteroatoms. The number of nitrogens with one attached hydrogen (secondary N) is 1. The lowest BCUT2D eigenvalue weighted by Crippen LogP contribution is -2.48. The van der Waals surface area contributed by atoms with Crippen molar-refractivity contribution >= 4 is 0 Å². The molecule has 3 nitrogen and oxygen atoms in total. The molecule has 0 spiro atoms. The van der Waals surface area contributed by atoms with Crippen LogP contribution in [-0.2, 0) is 0 Å². The second kappa shape index (κ2) is 4.73. The summed E-state index contributed by atoms with van der Waals surface area (Å²) in [6.07, 6.45) is 1.15. The van der Waals surface area contributed by atoms with Crippen LogP contribution < -0.4 is 11.1 Å². The summed E-state index contributed by atoms with van der Waals surface area (Å²) in [4.78, 5) is 2.07. The molecule has 1 atom stereocenters. The minimum Gasteiger partial charge on any atom is -0.303 e. The first kappa shape index (κ1) is 8.88. The van der Waals surface area contributed by atoms with Crippen LogP contribution in [0.5, 0.6) is 0 Å². The summed E-state index contributed by atoms with van der Waals surface area (Å²) >= 11 is 0. The molecule has 0 bridgehead atoms. The quantitative estimate of drug-likeness (QED) is 0.519. The van der Waals surface area contributed by atoms with Crippen LogP contribution in [0.3, 0.4) is 0 Å². The molecule has 9 heavy (non-hydrogen) atoms. The minimum absolute atomic E-state index is 0.00458. The Balaban J connectivity index is 3.32. The Morgan fingerprint density at radius 1 is 1.67 bits per heavy atom. The lowest BCUT2D eigenvalue weighted by molar-refractivity contribution is 0.220.